The van der Waals surface area contributed by atoms with Gasteiger partial charge in [0.25, 0.3) is 0 Å². The van der Waals surface area contributed by atoms with Gasteiger partial charge in [0.1, 0.15) is 45.7 Å². The lowest BCUT2D eigenvalue weighted by molar-refractivity contribution is 0.205. The first-order valence-corrected chi connectivity index (χ1v) is 29.6. The number of likely N-dealkylation sites (N-methyl/N-ethyl adjacent to an activating group) is 1. The van der Waals surface area contributed by atoms with Gasteiger partial charge in [0.05, 0.1) is 32.7 Å². The molecule has 0 amide bonds. The molecule has 8 heterocycles. The Kier molecular flexibility index (Phi) is 15.6. The van der Waals surface area contributed by atoms with Crippen LogP contribution >= 0.6 is 0 Å². The van der Waals surface area contributed by atoms with Gasteiger partial charge >= 0.3 is 0 Å². The summed E-state index contributed by atoms with van der Waals surface area (Å²) in [5.41, 5.74) is 6.02. The average molecular weight is 1120 g/mol. The summed E-state index contributed by atoms with van der Waals surface area (Å²) < 4.78 is 84.4. The normalized spacial score (nSPS) is 17.6. The standard InChI is InChI=1S/C58H65F4N17OS/c1-33(2)78-35(4)66-55-43(60)25-40(27-48(55)78)54-52(62)47(70-58(74-54)72-51-15-11-38-30-77(19-17-46(38)69-51)22-23-81(7,80)65-32-63)31-75(6)20-21-76-18-16-45-37(29-76)10-14-50(68-45)71-57-64-28-44(61)53(73-57)39-24-42(59)56-49(26-39)79(36(5)67-56)41-12-8-34(3)9-13-41/h10-11,14-15,24-28,33-34,41H,8-9,12-13,16-23,29-31H2,1-7H3,(H,64,68,71,73)(H,69,70,72,74). The third-order valence-electron chi connectivity index (χ3n) is 15.9. The number of aromatic nitrogens is 10. The minimum Gasteiger partial charge on any atom is -0.326 e. The number of nitriles is 1. The van der Waals surface area contributed by atoms with Crippen molar-refractivity contribution in [3.05, 3.63) is 118 Å². The number of aryl methyl sites for hydroxylation is 2. The number of fused-ring (bicyclic) bond motifs is 4. The van der Waals surface area contributed by atoms with Crippen LogP contribution in [0, 0.1) is 54.5 Å². The SMILES string of the molecule is Cc1nc2c(F)cc(-c3nc(Nc4ccc5c(n4)CCN(CCS(C)(=O)=NC#N)C5)nc(CN(C)CCN4CCc5nc(Nc6ncc(F)c(-c7cc(F)c8nc(C)n(C9CCC(C)CC9)c8c7)n6)ccc5C4)c3F)cc2n1C(C)C. The summed E-state index contributed by atoms with van der Waals surface area (Å²) in [6.45, 7) is 14.4. The van der Waals surface area contributed by atoms with Crippen LogP contribution in [0.3, 0.4) is 0 Å². The molecule has 6 aromatic heterocycles. The molecule has 1 aliphatic carbocycles. The lowest BCUT2D eigenvalue weighted by atomic mass is 9.87. The molecule has 0 saturated heterocycles. The molecule has 1 atom stereocenters. The molecular formula is C58H65F4N17OS. The van der Waals surface area contributed by atoms with E-state index in [2.05, 4.69) is 61.2 Å². The number of benzene rings is 2. The van der Waals surface area contributed by atoms with Crippen molar-refractivity contribution in [1.82, 2.24) is 63.7 Å². The fraction of sp³-hybridized carbons (Fsp3) is 0.431. The van der Waals surface area contributed by atoms with Crippen molar-refractivity contribution in [1.29, 1.82) is 5.26 Å². The number of hydrogen-bond donors (Lipinski definition) is 2. The Hall–Kier alpha value is -7.52. The Bertz CT molecular complexity index is 3900. The van der Waals surface area contributed by atoms with Gasteiger partial charge in [-0.3, -0.25) is 14.7 Å². The van der Waals surface area contributed by atoms with E-state index in [0.29, 0.717) is 98.6 Å². The molecule has 2 N–H and O–H groups in total. The molecule has 23 heteroatoms. The van der Waals surface area contributed by atoms with E-state index in [1.807, 2.05) is 68.5 Å². The molecule has 0 spiro atoms. The number of hydrogen-bond acceptors (Lipinski definition) is 16. The van der Waals surface area contributed by atoms with Crippen LogP contribution in [0.1, 0.15) is 98.4 Å². The summed E-state index contributed by atoms with van der Waals surface area (Å²) >= 11 is 0. The zero-order chi connectivity index (χ0) is 56.9. The van der Waals surface area contributed by atoms with Crippen LogP contribution in [-0.4, -0.2) is 120 Å². The van der Waals surface area contributed by atoms with Crippen molar-refractivity contribution in [3.63, 3.8) is 0 Å². The van der Waals surface area contributed by atoms with Crippen molar-refractivity contribution in [2.24, 2.45) is 10.3 Å². The van der Waals surface area contributed by atoms with Crippen LogP contribution in [0.25, 0.3) is 44.6 Å². The highest BCUT2D eigenvalue weighted by atomic mass is 32.2. The quantitative estimate of drug-likeness (QED) is 0.0683. The number of anilines is 4. The van der Waals surface area contributed by atoms with Gasteiger partial charge in [-0.15, -0.1) is 4.36 Å². The predicted molar refractivity (Wildman–Crippen MR) is 304 cm³/mol. The maximum Gasteiger partial charge on any atom is 0.229 e. The average Bonchev–Trinajstić information content (AvgIpc) is 4.21. The van der Waals surface area contributed by atoms with E-state index in [4.69, 9.17) is 20.2 Å². The molecular weight excluding hydrogens is 1060 g/mol. The smallest absolute Gasteiger partial charge is 0.229 e. The zero-order valence-electron chi connectivity index (χ0n) is 46.6. The third kappa shape index (κ3) is 11.8. The number of imidazole rings is 2. The summed E-state index contributed by atoms with van der Waals surface area (Å²) in [5, 5.41) is 15.3. The van der Waals surface area contributed by atoms with E-state index in [-0.39, 0.29) is 70.0 Å². The van der Waals surface area contributed by atoms with Gasteiger partial charge in [-0.2, -0.15) is 5.26 Å². The molecule has 2 aliphatic heterocycles. The van der Waals surface area contributed by atoms with Crippen molar-refractivity contribution in [3.8, 4) is 28.7 Å². The third-order valence-corrected chi connectivity index (χ3v) is 17.3. The van der Waals surface area contributed by atoms with Crippen LogP contribution in [0.5, 0.6) is 0 Å². The molecule has 1 saturated carbocycles. The van der Waals surface area contributed by atoms with Crippen LogP contribution in [-0.2, 0) is 42.2 Å². The molecule has 2 aromatic carbocycles. The van der Waals surface area contributed by atoms with Gasteiger partial charge in [0.15, 0.2) is 23.3 Å². The highest BCUT2D eigenvalue weighted by Crippen LogP contribution is 2.38. The first kappa shape index (κ1) is 55.4. The minimum atomic E-state index is -2.59. The maximum absolute atomic E-state index is 17.0. The van der Waals surface area contributed by atoms with E-state index >= 15 is 17.6 Å². The van der Waals surface area contributed by atoms with Crippen LogP contribution in [0.4, 0.5) is 41.1 Å². The number of halogens is 4. The molecule has 1 unspecified atom stereocenters. The van der Waals surface area contributed by atoms with E-state index in [1.54, 1.807) is 18.3 Å². The van der Waals surface area contributed by atoms with Crippen molar-refractivity contribution in [2.75, 3.05) is 62.4 Å². The second-order valence-electron chi connectivity index (χ2n) is 22.3. The predicted octanol–water partition coefficient (Wildman–Crippen LogP) is 10.5. The minimum absolute atomic E-state index is 0.0278. The first-order chi connectivity index (χ1) is 38.9. The van der Waals surface area contributed by atoms with Gasteiger partial charge < -0.3 is 19.8 Å². The van der Waals surface area contributed by atoms with Crippen LogP contribution in [0.15, 0.2) is 59.1 Å². The Morgan fingerprint density at radius 3 is 2.00 bits per heavy atom. The lowest BCUT2D eigenvalue weighted by Crippen LogP contribution is -2.37. The summed E-state index contributed by atoms with van der Waals surface area (Å²) in [6.07, 6.45) is 9.64. The topological polar surface area (TPSA) is 200 Å². The molecule has 0 bridgehead atoms. The van der Waals surface area contributed by atoms with Gasteiger partial charge in [-0.05, 0) is 114 Å². The fourth-order valence-corrected chi connectivity index (χ4v) is 12.5. The number of pyridine rings is 2. The van der Waals surface area contributed by atoms with E-state index in [1.165, 1.54) is 18.4 Å². The zero-order valence-corrected chi connectivity index (χ0v) is 47.4. The number of nitrogens with zero attached hydrogens (tertiary/aromatic N) is 15. The Balaban J connectivity index is 0.776. The molecule has 1 fully saturated rings. The lowest BCUT2D eigenvalue weighted by Gasteiger charge is -2.30. The van der Waals surface area contributed by atoms with Crippen molar-refractivity contribution < 1.29 is 21.8 Å². The molecule has 81 heavy (non-hydrogen) atoms. The van der Waals surface area contributed by atoms with Crippen molar-refractivity contribution >= 4 is 55.3 Å². The molecule has 18 nitrogen and oxygen atoms in total. The second kappa shape index (κ2) is 22.8. The van der Waals surface area contributed by atoms with Gasteiger partial charge in [0, 0.05) is 112 Å². The Morgan fingerprint density at radius 2 is 1.35 bits per heavy atom. The summed E-state index contributed by atoms with van der Waals surface area (Å²) in [5.74, 6) is 1.02. The molecule has 0 radical (unpaired) electrons. The van der Waals surface area contributed by atoms with Crippen LogP contribution in [0.2, 0.25) is 0 Å². The van der Waals surface area contributed by atoms with Gasteiger partial charge in [-0.1, -0.05) is 19.1 Å². The summed E-state index contributed by atoms with van der Waals surface area (Å²) in [7, 11) is -0.693. The molecule has 3 aliphatic rings. The number of nitrogens with one attached hydrogen (secondary N) is 2. The Labute approximate surface area is 468 Å². The van der Waals surface area contributed by atoms with Gasteiger partial charge in [0.2, 0.25) is 18.1 Å². The highest BCUT2D eigenvalue weighted by Gasteiger charge is 2.28. The van der Waals surface area contributed by atoms with Gasteiger partial charge in [-0.25, -0.2) is 61.6 Å². The monoisotopic (exact) mass is 1120 g/mol. The number of rotatable bonds is 16. The fourth-order valence-electron chi connectivity index (χ4n) is 11.7. The second-order valence-corrected chi connectivity index (χ2v) is 24.8. The van der Waals surface area contributed by atoms with Crippen LogP contribution < -0.4 is 10.6 Å². The maximum atomic E-state index is 17.0. The van der Waals surface area contributed by atoms with E-state index in [0.717, 1.165) is 60.2 Å². The Morgan fingerprint density at radius 1 is 0.753 bits per heavy atom. The van der Waals surface area contributed by atoms with E-state index < -0.39 is 33.0 Å². The first-order valence-electron chi connectivity index (χ1n) is 27.6. The van der Waals surface area contributed by atoms with E-state index in [9.17, 15) is 4.21 Å². The summed E-state index contributed by atoms with van der Waals surface area (Å²) in [6, 6.07) is 13.8. The molecule has 11 rings (SSSR count). The van der Waals surface area contributed by atoms with Crippen molar-refractivity contribution in [2.45, 2.75) is 105 Å². The molecule has 8 aromatic rings. The summed E-state index contributed by atoms with van der Waals surface area (Å²) in [4.78, 5) is 43.4. The highest BCUT2D eigenvalue weighted by molar-refractivity contribution is 7.93. The largest absolute Gasteiger partial charge is 0.326 e. The molecule has 422 valence electrons.